The summed E-state index contributed by atoms with van der Waals surface area (Å²) in [6.45, 7) is 5.05. The molecule has 4 heterocycles. The lowest BCUT2D eigenvalue weighted by molar-refractivity contribution is 0.0977. The predicted octanol–water partition coefficient (Wildman–Crippen LogP) is 4.22. The fourth-order valence-electron chi connectivity index (χ4n) is 6.13. The van der Waals surface area contributed by atoms with Gasteiger partial charge in [0.15, 0.2) is 5.69 Å². The van der Waals surface area contributed by atoms with Crippen LogP contribution in [-0.4, -0.2) is 58.0 Å². The van der Waals surface area contributed by atoms with Crippen molar-refractivity contribution in [2.75, 3.05) is 29.6 Å². The van der Waals surface area contributed by atoms with Crippen LogP contribution in [-0.2, 0) is 17.1 Å². The van der Waals surface area contributed by atoms with Crippen LogP contribution in [0.15, 0.2) is 53.5 Å². The number of nitriles is 1. The Morgan fingerprint density at radius 3 is 2.57 bits per heavy atom. The molecule has 1 aliphatic rings. The highest BCUT2D eigenvalue weighted by Crippen LogP contribution is 2.32. The molecule has 1 atom stereocenters. The highest BCUT2D eigenvalue weighted by molar-refractivity contribution is 7.89. The molecule has 47 heavy (non-hydrogen) atoms. The summed E-state index contributed by atoms with van der Waals surface area (Å²) in [6, 6.07) is 14.2. The molecule has 1 amide bonds. The first-order valence-corrected chi connectivity index (χ1v) is 17.2. The predicted molar refractivity (Wildman–Crippen MR) is 180 cm³/mol. The van der Waals surface area contributed by atoms with Crippen molar-refractivity contribution >= 4 is 61.0 Å². The molecule has 2 N–H and O–H groups in total. The number of amides is 1. The normalized spacial score (nSPS) is 14.7. The number of hydrogen-bond acceptors (Lipinski definition) is 10. The van der Waals surface area contributed by atoms with Gasteiger partial charge in [0.1, 0.15) is 5.15 Å². The van der Waals surface area contributed by atoms with Gasteiger partial charge in [-0.3, -0.25) is 18.8 Å². The van der Waals surface area contributed by atoms with E-state index in [2.05, 4.69) is 26.4 Å². The molecule has 0 aliphatic carbocycles. The summed E-state index contributed by atoms with van der Waals surface area (Å²) < 4.78 is 29.0. The molecule has 6 rings (SSSR count). The Morgan fingerprint density at radius 1 is 1.13 bits per heavy atom. The van der Waals surface area contributed by atoms with Crippen LogP contribution in [0.4, 0.5) is 11.6 Å². The van der Waals surface area contributed by atoms with E-state index in [1.54, 1.807) is 29.9 Å². The van der Waals surface area contributed by atoms with Gasteiger partial charge in [0.25, 0.3) is 11.5 Å². The van der Waals surface area contributed by atoms with E-state index in [-0.39, 0.29) is 28.1 Å². The third-order valence-corrected chi connectivity index (χ3v) is 9.11. The highest BCUT2D eigenvalue weighted by Gasteiger charge is 2.27. The van der Waals surface area contributed by atoms with Gasteiger partial charge in [0.2, 0.25) is 16.0 Å². The molecule has 0 radical (unpaired) electrons. The number of aromatic nitrogens is 5. The van der Waals surface area contributed by atoms with E-state index < -0.39 is 22.0 Å². The fraction of sp³-hybridized carbons (Fsp3) is 0.312. The number of anilines is 2. The largest absolute Gasteiger partial charge is 0.377 e. The van der Waals surface area contributed by atoms with E-state index in [9.17, 15) is 23.3 Å². The SMILES string of the molecule is Cc1cc([C@@H](C)Nc2ccc(Cl)nc2C(=O)NS(C)(=O)=O)c2nc(N3CCC(n4ncc5cc(C#N)ccc54)CC3)n(C)c(=O)c2c1. The molecule has 0 unspecified atom stereocenters. The topological polar surface area (TPSA) is 168 Å². The van der Waals surface area contributed by atoms with Crippen molar-refractivity contribution in [2.45, 2.75) is 38.8 Å². The monoisotopic (exact) mass is 673 g/mol. The second-order valence-corrected chi connectivity index (χ2v) is 14.0. The zero-order valence-electron chi connectivity index (χ0n) is 26.2. The number of sulfonamides is 1. The Kier molecular flexibility index (Phi) is 8.37. The number of nitrogens with zero attached hydrogens (tertiary/aromatic N) is 7. The minimum Gasteiger partial charge on any atom is -0.377 e. The summed E-state index contributed by atoms with van der Waals surface area (Å²) in [5, 5.41) is 18.5. The molecule has 1 fully saturated rings. The summed E-state index contributed by atoms with van der Waals surface area (Å²) in [4.78, 5) is 37.7. The van der Waals surface area contributed by atoms with Crippen molar-refractivity contribution in [3.05, 3.63) is 86.6 Å². The minimum atomic E-state index is -3.85. The number of nitrogens with one attached hydrogen (secondary N) is 2. The van der Waals surface area contributed by atoms with E-state index in [0.29, 0.717) is 35.5 Å². The van der Waals surface area contributed by atoms with Crippen LogP contribution in [0.1, 0.15) is 59.0 Å². The average molecular weight is 674 g/mol. The summed E-state index contributed by atoms with van der Waals surface area (Å²) in [5.74, 6) is -0.380. The maximum atomic E-state index is 13.7. The maximum absolute atomic E-state index is 13.7. The van der Waals surface area contributed by atoms with Gasteiger partial charge in [-0.2, -0.15) is 10.4 Å². The van der Waals surface area contributed by atoms with E-state index >= 15 is 0 Å². The van der Waals surface area contributed by atoms with Crippen molar-refractivity contribution in [1.82, 2.24) is 29.0 Å². The number of carbonyl (C=O) groups excluding carboxylic acids is 1. The van der Waals surface area contributed by atoms with Crippen molar-refractivity contribution in [3.63, 3.8) is 0 Å². The van der Waals surface area contributed by atoms with Crippen LogP contribution in [0.2, 0.25) is 5.15 Å². The molecule has 0 saturated carbocycles. The fourth-order valence-corrected chi connectivity index (χ4v) is 6.71. The Morgan fingerprint density at radius 2 is 1.87 bits per heavy atom. The molecular formula is C32H32ClN9O4S. The molecule has 0 spiro atoms. The molecule has 13 nitrogen and oxygen atoms in total. The number of pyridine rings is 1. The third-order valence-electron chi connectivity index (χ3n) is 8.34. The average Bonchev–Trinajstić information content (AvgIpc) is 3.46. The lowest BCUT2D eigenvalue weighted by atomic mass is 10.0. The summed E-state index contributed by atoms with van der Waals surface area (Å²) in [7, 11) is -2.13. The van der Waals surface area contributed by atoms with Crippen molar-refractivity contribution < 1.29 is 13.2 Å². The first-order valence-electron chi connectivity index (χ1n) is 14.9. The number of fused-ring (bicyclic) bond motifs is 2. The highest BCUT2D eigenvalue weighted by atomic mass is 35.5. The minimum absolute atomic E-state index is 0.0234. The van der Waals surface area contributed by atoms with Crippen LogP contribution < -0.4 is 20.5 Å². The molecule has 3 aromatic heterocycles. The second kappa shape index (κ2) is 12.3. The van der Waals surface area contributed by atoms with Gasteiger partial charge >= 0.3 is 0 Å². The first-order chi connectivity index (χ1) is 22.3. The van der Waals surface area contributed by atoms with Crippen molar-refractivity contribution in [2.24, 2.45) is 7.05 Å². The number of halogens is 1. The number of rotatable bonds is 7. The van der Waals surface area contributed by atoms with E-state index in [1.165, 1.54) is 6.07 Å². The number of aryl methyl sites for hydroxylation is 1. The van der Waals surface area contributed by atoms with Crippen molar-refractivity contribution in [1.29, 1.82) is 5.26 Å². The van der Waals surface area contributed by atoms with Crippen LogP contribution in [0.25, 0.3) is 21.8 Å². The third kappa shape index (κ3) is 6.36. The standard InChI is InChI=1S/C32H32ClN9O4S/c1-18-13-23(19(2)36-25-6-8-27(33)37-29(25)30(43)39-47(4,45)46)28-24(14-18)31(44)40(3)32(38-28)41-11-9-22(10-12-41)42-26-7-5-20(16-34)15-21(26)17-35-42/h5-8,13-15,17,19,22,36H,9-12H2,1-4H3,(H,39,43)/t19-/m1/s1. The Labute approximate surface area is 275 Å². The molecule has 0 bridgehead atoms. The van der Waals surface area contributed by atoms with Gasteiger partial charge in [-0.25, -0.2) is 23.1 Å². The summed E-state index contributed by atoms with van der Waals surface area (Å²) >= 11 is 6.05. The van der Waals surface area contributed by atoms with Gasteiger partial charge in [-0.15, -0.1) is 0 Å². The molecule has 1 saturated heterocycles. The molecule has 1 aliphatic heterocycles. The van der Waals surface area contributed by atoms with Gasteiger partial charge in [-0.1, -0.05) is 17.7 Å². The van der Waals surface area contributed by atoms with E-state index in [0.717, 1.165) is 41.1 Å². The molecule has 242 valence electrons. The van der Waals surface area contributed by atoms with E-state index in [4.69, 9.17) is 16.6 Å². The molecule has 2 aromatic carbocycles. The first kappa shape index (κ1) is 32.0. The number of carbonyl (C=O) groups is 1. The molecule has 5 aromatic rings. The Hall–Kier alpha value is -5.00. The van der Waals surface area contributed by atoms with Crippen molar-refractivity contribution in [3.8, 4) is 6.07 Å². The summed E-state index contributed by atoms with van der Waals surface area (Å²) in [6.07, 6.45) is 4.23. The lowest BCUT2D eigenvalue weighted by Crippen LogP contribution is -2.39. The number of piperidine rings is 1. The van der Waals surface area contributed by atoms with Gasteiger partial charge in [0.05, 0.1) is 58.3 Å². The van der Waals surface area contributed by atoms with Gasteiger partial charge < -0.3 is 10.2 Å². The van der Waals surface area contributed by atoms with Crippen LogP contribution in [0, 0.1) is 18.3 Å². The smallest absolute Gasteiger partial charge is 0.285 e. The van der Waals surface area contributed by atoms with Gasteiger partial charge in [0, 0.05) is 31.1 Å². The quantitative estimate of drug-likeness (QED) is 0.239. The van der Waals surface area contributed by atoms with Crippen LogP contribution in [0.5, 0.6) is 0 Å². The van der Waals surface area contributed by atoms with Crippen LogP contribution >= 0.6 is 11.6 Å². The molecule has 15 heteroatoms. The lowest BCUT2D eigenvalue weighted by Gasteiger charge is -2.34. The molecular weight excluding hydrogens is 642 g/mol. The zero-order valence-corrected chi connectivity index (χ0v) is 27.7. The zero-order chi connectivity index (χ0) is 33.6. The second-order valence-electron chi connectivity index (χ2n) is 11.8. The van der Waals surface area contributed by atoms with Crippen LogP contribution in [0.3, 0.4) is 0 Å². The van der Waals surface area contributed by atoms with Gasteiger partial charge in [-0.05, 0) is 68.7 Å². The number of hydrogen-bond donors (Lipinski definition) is 2. The van der Waals surface area contributed by atoms with E-state index in [1.807, 2.05) is 47.5 Å². The maximum Gasteiger partial charge on any atom is 0.285 e. The summed E-state index contributed by atoms with van der Waals surface area (Å²) in [5.41, 5.74) is 3.56. The number of benzene rings is 2. The Bertz CT molecular complexity index is 2270. The Balaban J connectivity index is 1.31.